The molecule has 2 aromatic heterocycles. The second-order valence-electron chi connectivity index (χ2n) is 3.54. The molecule has 0 aliphatic carbocycles. The van der Waals surface area contributed by atoms with Crippen molar-refractivity contribution in [2.45, 2.75) is 6.04 Å². The quantitative estimate of drug-likeness (QED) is 0.812. The van der Waals surface area contributed by atoms with Gasteiger partial charge < -0.3 is 9.73 Å². The van der Waals surface area contributed by atoms with Crippen LogP contribution in [0.4, 0.5) is 0 Å². The van der Waals surface area contributed by atoms with Crippen LogP contribution < -0.4 is 5.32 Å². The summed E-state index contributed by atoms with van der Waals surface area (Å²) >= 11 is 9.40. The summed E-state index contributed by atoms with van der Waals surface area (Å²) < 4.78 is 6.29. The minimum Gasteiger partial charge on any atom is -0.467 e. The molecule has 0 fully saturated rings. The molecule has 1 unspecified atom stereocenters. The van der Waals surface area contributed by atoms with Crippen molar-refractivity contribution in [3.05, 3.63) is 45.5 Å². The summed E-state index contributed by atoms with van der Waals surface area (Å²) in [6.45, 7) is 0.946. The molecule has 0 spiro atoms. The number of thiophene rings is 1. The number of rotatable bonds is 6. The van der Waals surface area contributed by atoms with Crippen molar-refractivity contribution in [1.29, 1.82) is 0 Å². The van der Waals surface area contributed by atoms with Gasteiger partial charge in [0.15, 0.2) is 0 Å². The topological polar surface area (TPSA) is 25.2 Å². The van der Waals surface area contributed by atoms with Gasteiger partial charge in [0.1, 0.15) is 11.8 Å². The minimum atomic E-state index is 0.106. The molecule has 0 saturated heterocycles. The van der Waals surface area contributed by atoms with E-state index in [1.54, 1.807) is 17.6 Å². The summed E-state index contributed by atoms with van der Waals surface area (Å²) in [5, 5.41) is 3.49. The molecule has 2 heterocycles. The molecular weight excluding hydrogens is 274 g/mol. The van der Waals surface area contributed by atoms with E-state index in [9.17, 15) is 0 Å². The van der Waals surface area contributed by atoms with Crippen LogP contribution in [0.3, 0.4) is 0 Å². The van der Waals surface area contributed by atoms with Gasteiger partial charge in [-0.1, -0.05) is 11.6 Å². The van der Waals surface area contributed by atoms with Crippen LogP contribution in [0.15, 0.2) is 34.9 Å². The average molecular weight is 288 g/mol. The zero-order valence-corrected chi connectivity index (χ0v) is 11.9. The molecule has 5 heteroatoms. The first kappa shape index (κ1) is 13.0. The highest BCUT2D eigenvalue weighted by Crippen LogP contribution is 2.31. The molecule has 1 atom stereocenters. The normalized spacial score (nSPS) is 12.8. The fourth-order valence-electron chi connectivity index (χ4n) is 1.59. The number of halogens is 1. The fourth-order valence-corrected chi connectivity index (χ4v) is 3.05. The van der Waals surface area contributed by atoms with E-state index in [4.69, 9.17) is 16.0 Å². The zero-order chi connectivity index (χ0) is 12.1. The van der Waals surface area contributed by atoms with Crippen molar-refractivity contribution in [2.24, 2.45) is 0 Å². The predicted octanol–water partition coefficient (Wildman–Crippen LogP) is 4.04. The fraction of sp³-hybridized carbons (Fsp3) is 0.333. The van der Waals surface area contributed by atoms with Gasteiger partial charge in [-0.15, -0.1) is 11.3 Å². The van der Waals surface area contributed by atoms with Crippen molar-refractivity contribution in [2.75, 3.05) is 18.6 Å². The summed E-state index contributed by atoms with van der Waals surface area (Å²) in [7, 11) is 0. The van der Waals surface area contributed by atoms with Gasteiger partial charge in [0, 0.05) is 17.2 Å². The molecule has 0 saturated carbocycles. The molecule has 2 aromatic rings. The van der Waals surface area contributed by atoms with Gasteiger partial charge in [-0.25, -0.2) is 0 Å². The first-order valence-corrected chi connectivity index (χ1v) is 7.91. The van der Waals surface area contributed by atoms with Gasteiger partial charge in [0.05, 0.1) is 10.6 Å². The smallest absolute Gasteiger partial charge is 0.126 e. The highest BCUT2D eigenvalue weighted by molar-refractivity contribution is 7.98. The van der Waals surface area contributed by atoms with Crippen molar-refractivity contribution in [1.82, 2.24) is 5.32 Å². The Balaban J connectivity index is 2.13. The number of furan rings is 1. The summed E-state index contributed by atoms with van der Waals surface area (Å²) in [4.78, 5) is 1.19. The van der Waals surface area contributed by atoms with E-state index in [1.165, 1.54) is 4.88 Å². The molecule has 0 aromatic carbocycles. The highest BCUT2D eigenvalue weighted by Gasteiger charge is 2.17. The third kappa shape index (κ3) is 3.52. The van der Waals surface area contributed by atoms with Crippen LogP contribution in [0, 0.1) is 0 Å². The molecule has 0 bridgehead atoms. The number of hydrogen-bond acceptors (Lipinski definition) is 4. The maximum Gasteiger partial charge on any atom is 0.126 e. The first-order valence-electron chi connectivity index (χ1n) is 5.32. The second kappa shape index (κ2) is 6.50. The van der Waals surface area contributed by atoms with Gasteiger partial charge in [0.2, 0.25) is 0 Å². The lowest BCUT2D eigenvalue weighted by Gasteiger charge is -2.14. The second-order valence-corrected chi connectivity index (χ2v) is 6.27. The Morgan fingerprint density at radius 1 is 1.47 bits per heavy atom. The highest BCUT2D eigenvalue weighted by atomic mass is 35.5. The zero-order valence-electron chi connectivity index (χ0n) is 9.48. The lowest BCUT2D eigenvalue weighted by atomic mass is 10.2. The minimum absolute atomic E-state index is 0.106. The van der Waals surface area contributed by atoms with Gasteiger partial charge in [-0.2, -0.15) is 11.8 Å². The average Bonchev–Trinajstić information content (AvgIpc) is 2.96. The SMILES string of the molecule is CSCCNC(c1ccco1)c1ccc(Cl)s1. The van der Waals surface area contributed by atoms with Gasteiger partial charge >= 0.3 is 0 Å². The van der Waals surface area contributed by atoms with E-state index in [0.717, 1.165) is 22.4 Å². The van der Waals surface area contributed by atoms with E-state index >= 15 is 0 Å². The van der Waals surface area contributed by atoms with E-state index in [-0.39, 0.29) is 6.04 Å². The third-order valence-electron chi connectivity index (χ3n) is 2.36. The number of thioether (sulfide) groups is 1. The molecule has 92 valence electrons. The standard InChI is InChI=1S/C12H14ClNOS2/c1-16-8-6-14-12(9-3-2-7-15-9)10-4-5-11(13)17-10/h2-5,7,12,14H,6,8H2,1H3. The summed E-state index contributed by atoms with van der Waals surface area (Å²) in [5.74, 6) is 2.01. The van der Waals surface area contributed by atoms with Crippen molar-refractivity contribution in [3.8, 4) is 0 Å². The molecule has 2 rings (SSSR count). The third-order valence-corrected chi connectivity index (χ3v) is 4.27. The first-order chi connectivity index (χ1) is 8.31. The van der Waals surface area contributed by atoms with Crippen molar-refractivity contribution in [3.63, 3.8) is 0 Å². The van der Waals surface area contributed by atoms with E-state index < -0.39 is 0 Å². The summed E-state index contributed by atoms with van der Waals surface area (Å²) in [5.41, 5.74) is 0. The van der Waals surface area contributed by atoms with E-state index in [2.05, 4.69) is 11.6 Å². The monoisotopic (exact) mass is 287 g/mol. The molecule has 2 nitrogen and oxygen atoms in total. The molecule has 0 radical (unpaired) electrons. The Morgan fingerprint density at radius 3 is 2.94 bits per heavy atom. The maximum atomic E-state index is 5.98. The molecule has 0 aliphatic heterocycles. The van der Waals surface area contributed by atoms with Crippen molar-refractivity contribution < 1.29 is 4.42 Å². The predicted molar refractivity (Wildman–Crippen MR) is 76.3 cm³/mol. The Morgan fingerprint density at radius 2 is 2.35 bits per heavy atom. The van der Waals surface area contributed by atoms with Crippen LogP contribution in [0.5, 0.6) is 0 Å². The van der Waals surface area contributed by atoms with Crippen LogP contribution in [0.1, 0.15) is 16.7 Å². The van der Waals surface area contributed by atoms with E-state index in [1.807, 2.05) is 36.0 Å². The Labute approximate surface area is 114 Å². The van der Waals surface area contributed by atoms with Gasteiger partial charge in [-0.05, 0) is 30.5 Å². The molecule has 0 amide bonds. The van der Waals surface area contributed by atoms with E-state index in [0.29, 0.717) is 0 Å². The van der Waals surface area contributed by atoms with Gasteiger partial charge in [0.25, 0.3) is 0 Å². The summed E-state index contributed by atoms with van der Waals surface area (Å²) in [6.07, 6.45) is 3.80. The van der Waals surface area contributed by atoms with Crippen molar-refractivity contribution >= 4 is 34.7 Å². The van der Waals surface area contributed by atoms with Crippen LogP contribution in [-0.2, 0) is 0 Å². The number of nitrogens with one attached hydrogen (secondary N) is 1. The summed E-state index contributed by atoms with van der Waals surface area (Å²) in [6, 6.07) is 7.98. The maximum absolute atomic E-state index is 5.98. The molecule has 1 N–H and O–H groups in total. The number of hydrogen-bond donors (Lipinski definition) is 1. The Hall–Kier alpha value is -0.420. The molecular formula is C12H14ClNOS2. The molecule has 0 aliphatic rings. The lowest BCUT2D eigenvalue weighted by molar-refractivity contribution is 0.456. The lowest BCUT2D eigenvalue weighted by Crippen LogP contribution is -2.23. The van der Waals surface area contributed by atoms with Crippen LogP contribution in [0.25, 0.3) is 0 Å². The largest absolute Gasteiger partial charge is 0.467 e. The Bertz CT molecular complexity index is 441. The Kier molecular flexibility index (Phi) is 4.98. The van der Waals surface area contributed by atoms with Gasteiger partial charge in [-0.3, -0.25) is 0 Å². The van der Waals surface area contributed by atoms with Crippen LogP contribution in [-0.4, -0.2) is 18.6 Å². The van der Waals surface area contributed by atoms with Crippen LogP contribution >= 0.6 is 34.7 Å². The molecule has 17 heavy (non-hydrogen) atoms. The van der Waals surface area contributed by atoms with Crippen LogP contribution in [0.2, 0.25) is 4.34 Å².